The molecule has 3 unspecified atom stereocenters. The number of H-pyrrole nitrogens is 1. The van der Waals surface area contributed by atoms with Gasteiger partial charge in [0, 0.05) is 0 Å². The molecule has 12 N–H and O–H groups in total. The molecule has 0 amide bonds. The van der Waals surface area contributed by atoms with Gasteiger partial charge in [-0.1, -0.05) is 0 Å². The highest BCUT2D eigenvalue weighted by Crippen LogP contribution is 2.66. The molecule has 3 aliphatic rings. The highest BCUT2D eigenvalue weighted by molar-refractivity contribution is 7.66. The first kappa shape index (κ1) is 32.4. The molecule has 4 rings (SSSR count). The minimum absolute atomic E-state index is 0.397. The van der Waals surface area contributed by atoms with Crippen molar-refractivity contribution in [3.8, 4) is 0 Å². The van der Waals surface area contributed by atoms with Gasteiger partial charge < -0.3 is 60.3 Å². The van der Waals surface area contributed by atoms with Crippen molar-refractivity contribution in [2.24, 2.45) is 4.99 Å². The number of hydrogen-bond donors (Lipinski definition) is 11. The van der Waals surface area contributed by atoms with E-state index in [1.165, 1.54) is 0 Å². The molecule has 232 valence electrons. The Hall–Kier alpha value is -1.56. The van der Waals surface area contributed by atoms with E-state index in [9.17, 15) is 53.8 Å². The van der Waals surface area contributed by atoms with Crippen LogP contribution < -0.4 is 15.8 Å². The fourth-order valence-corrected chi connectivity index (χ4v) is 7.54. The Labute approximate surface area is 227 Å². The summed E-state index contributed by atoms with van der Waals surface area (Å²) in [6.45, 7) is -1.98. The number of aliphatic hydroxyl groups is 5. The molecule has 3 aliphatic heterocycles. The van der Waals surface area contributed by atoms with Gasteiger partial charge in [0.25, 0.3) is 11.4 Å². The zero-order chi connectivity index (χ0) is 30.7. The minimum Gasteiger partial charge on any atom is -0.394 e. The zero-order valence-corrected chi connectivity index (χ0v) is 22.8. The first-order valence-corrected chi connectivity index (χ1v) is 15.6. The Morgan fingerprint density at radius 3 is 2.02 bits per heavy atom. The van der Waals surface area contributed by atoms with E-state index < -0.39 is 113 Å². The fourth-order valence-electron chi connectivity index (χ4n) is 4.51. The Morgan fingerprint density at radius 2 is 1.49 bits per heavy atom. The van der Waals surface area contributed by atoms with Crippen molar-refractivity contribution in [2.75, 3.05) is 18.9 Å². The average molecular weight is 656 g/mol. The number of nitrogens with one attached hydrogen (secondary N) is 1. The molecule has 2 fully saturated rings. The molecule has 0 spiro atoms. The molecule has 0 saturated carbocycles. The van der Waals surface area contributed by atoms with Crippen LogP contribution in [0, 0.1) is 0 Å². The Kier molecular flexibility index (Phi) is 8.82. The third-order valence-corrected chi connectivity index (χ3v) is 9.96. The maximum atomic E-state index is 12.5. The van der Waals surface area contributed by atoms with Gasteiger partial charge in [-0.15, -0.1) is 0 Å². The van der Waals surface area contributed by atoms with Gasteiger partial charge in [-0.25, -0.2) is 13.7 Å². The third-order valence-electron chi connectivity index (χ3n) is 6.15. The van der Waals surface area contributed by atoms with Crippen LogP contribution >= 0.6 is 23.5 Å². The number of nitrogens with zero attached hydrogens (tertiary/aromatic N) is 3. The molecule has 11 atom stereocenters. The van der Waals surface area contributed by atoms with Gasteiger partial charge in [-0.3, -0.25) is 14.3 Å². The second-order valence-electron chi connectivity index (χ2n) is 8.86. The number of nitrogen functional groups attached to an aromatic ring is 1. The lowest BCUT2D eigenvalue weighted by Crippen LogP contribution is -2.68. The molecular weight excluding hydrogens is 631 g/mol. The van der Waals surface area contributed by atoms with Crippen LogP contribution in [-0.2, 0) is 36.3 Å². The summed E-state index contributed by atoms with van der Waals surface area (Å²) >= 11 is 0. The number of phosphoric acid groups is 3. The number of rotatable bonds is 10. The summed E-state index contributed by atoms with van der Waals surface area (Å²) in [7, 11) is -17.2. The number of ether oxygens (including phenoxy) is 2. The number of fused-ring (bicyclic) bond motifs is 1. The summed E-state index contributed by atoms with van der Waals surface area (Å²) in [4.78, 5) is 58.8. The highest BCUT2D eigenvalue weighted by atomic mass is 31.3. The van der Waals surface area contributed by atoms with Crippen LogP contribution in [0.3, 0.4) is 0 Å². The number of aromatic amines is 1. The van der Waals surface area contributed by atoms with Crippen molar-refractivity contribution in [3.63, 3.8) is 0 Å². The quantitative estimate of drug-likeness (QED) is 0.0835. The van der Waals surface area contributed by atoms with Crippen LogP contribution in [0.15, 0.2) is 9.79 Å². The lowest BCUT2D eigenvalue weighted by atomic mass is 10.1. The topological polar surface area (TPSA) is 364 Å². The summed E-state index contributed by atoms with van der Waals surface area (Å²) in [5.74, 6) is -0.864. The van der Waals surface area contributed by atoms with Crippen LogP contribution in [0.1, 0.15) is 0 Å². The molecule has 4 heterocycles. The van der Waals surface area contributed by atoms with E-state index in [1.54, 1.807) is 0 Å². The van der Waals surface area contributed by atoms with Crippen molar-refractivity contribution >= 4 is 47.3 Å². The molecular formula is C15H25N5O18P3+. The lowest BCUT2D eigenvalue weighted by molar-refractivity contribution is -0.147. The monoisotopic (exact) mass is 656 g/mol. The summed E-state index contributed by atoms with van der Waals surface area (Å²) in [6.07, 6.45) is -13.4. The van der Waals surface area contributed by atoms with E-state index in [2.05, 4.69) is 28.1 Å². The molecule has 1 aromatic rings. The number of nitrogens with two attached hydrogens (primary N) is 1. The van der Waals surface area contributed by atoms with Gasteiger partial charge in [-0.05, 0) is 0 Å². The van der Waals surface area contributed by atoms with Crippen LogP contribution in [0.2, 0.25) is 0 Å². The van der Waals surface area contributed by atoms with Gasteiger partial charge in [0.15, 0.2) is 12.2 Å². The van der Waals surface area contributed by atoms with Crippen molar-refractivity contribution in [2.45, 2.75) is 49.1 Å². The largest absolute Gasteiger partial charge is 0.490 e. The Balaban J connectivity index is 1.64. The maximum absolute atomic E-state index is 12.5. The number of quaternary nitrogens is 1. The molecule has 1 aromatic heterocycles. The minimum atomic E-state index is -5.86. The van der Waals surface area contributed by atoms with Gasteiger partial charge in [0.05, 0.1) is 13.2 Å². The van der Waals surface area contributed by atoms with Crippen molar-refractivity contribution < 1.29 is 81.4 Å². The Bertz CT molecular complexity index is 1400. The average Bonchev–Trinajstić information content (AvgIpc) is 3.43. The summed E-state index contributed by atoms with van der Waals surface area (Å²) in [6, 6.07) is 0. The number of aliphatic imine (C=N–C) groups is 1. The van der Waals surface area contributed by atoms with Gasteiger partial charge in [0.1, 0.15) is 24.4 Å². The normalized spacial score (nSPS) is 38.1. The summed E-state index contributed by atoms with van der Waals surface area (Å²) in [5.41, 5.74) is 4.38. The molecule has 0 radical (unpaired) electrons. The molecule has 41 heavy (non-hydrogen) atoms. The fraction of sp³-hybridized carbons (Fsp3) is 0.667. The predicted octanol–water partition coefficient (Wildman–Crippen LogP) is -4.44. The molecule has 2 saturated heterocycles. The van der Waals surface area contributed by atoms with Crippen molar-refractivity contribution in [1.82, 2.24) is 14.5 Å². The number of aliphatic hydroxyl groups excluding tert-OH is 5. The molecule has 26 heteroatoms. The summed E-state index contributed by atoms with van der Waals surface area (Å²) < 4.78 is 56.2. The van der Waals surface area contributed by atoms with Crippen LogP contribution in [0.25, 0.3) is 0 Å². The van der Waals surface area contributed by atoms with E-state index in [0.29, 0.717) is 0 Å². The standard InChI is InChI=1S/C15H24N5O18P3/c16-15-18-11-6(12(26)19-15)17-3-20(11,13-9(24)7(22)4(1-21)35-13)14-10(25)8(23)5(36-14)2-34-40(30,31)38-41(32,33)37-39(27,28)29/h3-5,7-10,13-14,21-25H,1-2H2,(H6-,16,18,19,26,27,28,29,30,31,32,33)/p+1/t4-,5-,7+,8-,9-,10-,13-,14-,20?/m1/s1. The SMILES string of the molecule is Nc1nc2c(c(=O)[nH]1)N=C[N+]2([C@@H]1O[C@H](CO)[C@H](O)[C@H]1O)[C@@H]1O[C@H](COP(=O)(O)OP(=O)(O)OP(=O)(O)O)[C@@H](O)[C@H]1O. The van der Waals surface area contributed by atoms with Crippen molar-refractivity contribution in [1.29, 1.82) is 0 Å². The van der Waals surface area contributed by atoms with E-state index >= 15 is 0 Å². The summed E-state index contributed by atoms with van der Waals surface area (Å²) in [5, 5.41) is 52.3. The molecule has 0 aromatic carbocycles. The number of aromatic nitrogens is 2. The Morgan fingerprint density at radius 1 is 0.927 bits per heavy atom. The van der Waals surface area contributed by atoms with Gasteiger partial charge >= 0.3 is 23.5 Å². The second kappa shape index (κ2) is 11.2. The third kappa shape index (κ3) is 6.24. The van der Waals surface area contributed by atoms with Crippen LogP contribution in [0.4, 0.5) is 17.5 Å². The molecule has 0 aliphatic carbocycles. The molecule has 0 bridgehead atoms. The number of hydrogen-bond acceptors (Lipinski definition) is 17. The first-order valence-electron chi connectivity index (χ1n) is 11.1. The van der Waals surface area contributed by atoms with Crippen LogP contribution in [0.5, 0.6) is 0 Å². The number of phosphoric ester groups is 1. The molecule has 23 nitrogen and oxygen atoms in total. The maximum Gasteiger partial charge on any atom is 0.490 e. The van der Waals surface area contributed by atoms with Gasteiger partial charge in [-0.2, -0.15) is 23.1 Å². The van der Waals surface area contributed by atoms with Crippen molar-refractivity contribution in [3.05, 3.63) is 10.4 Å². The van der Waals surface area contributed by atoms with E-state index in [0.717, 1.165) is 6.34 Å². The van der Waals surface area contributed by atoms with Crippen LogP contribution in [-0.4, -0.2) is 124 Å². The van der Waals surface area contributed by atoms with E-state index in [4.69, 9.17) is 25.0 Å². The lowest BCUT2D eigenvalue weighted by Gasteiger charge is -2.40. The number of anilines is 1. The first-order chi connectivity index (χ1) is 18.8. The smallest absolute Gasteiger partial charge is 0.394 e. The second-order valence-corrected chi connectivity index (χ2v) is 13.3. The van der Waals surface area contributed by atoms with E-state index in [-0.39, 0.29) is 0 Å². The van der Waals surface area contributed by atoms with Gasteiger partial charge in [0.2, 0.25) is 30.4 Å². The predicted molar refractivity (Wildman–Crippen MR) is 127 cm³/mol. The highest BCUT2D eigenvalue weighted by Gasteiger charge is 2.66. The zero-order valence-electron chi connectivity index (χ0n) is 20.1. The van der Waals surface area contributed by atoms with E-state index in [1.807, 2.05) is 0 Å².